The van der Waals surface area contributed by atoms with Gasteiger partial charge in [0.1, 0.15) is 24.4 Å². The van der Waals surface area contributed by atoms with Crippen LogP contribution in [-0.4, -0.2) is 73.4 Å². The molecule has 6 aliphatic rings. The summed E-state index contributed by atoms with van der Waals surface area (Å²) >= 11 is 0. The van der Waals surface area contributed by atoms with E-state index in [0.29, 0.717) is 25.7 Å². The molecule has 10 atom stereocenters. The van der Waals surface area contributed by atoms with Crippen LogP contribution in [0.5, 0.6) is 0 Å². The van der Waals surface area contributed by atoms with Crippen molar-refractivity contribution in [3.05, 3.63) is 0 Å². The number of hydrogen-bond acceptors (Lipinski definition) is 13. The molecule has 46 heavy (non-hydrogen) atoms. The fraction of sp³-hybridized carbons (Fsp3) is 0.788. The Bertz CT molecular complexity index is 1350. The van der Waals surface area contributed by atoms with Gasteiger partial charge in [-0.05, 0) is 66.2 Å². The molecule has 0 aromatic heterocycles. The van der Waals surface area contributed by atoms with Crippen molar-refractivity contribution in [2.45, 2.75) is 104 Å². The van der Waals surface area contributed by atoms with Crippen LogP contribution in [0.1, 0.15) is 80.1 Å². The van der Waals surface area contributed by atoms with Gasteiger partial charge in [0, 0.05) is 23.7 Å². The average Bonchev–Trinajstić information content (AvgIpc) is 3.83. The molecular weight excluding hydrogens is 602 g/mol. The van der Waals surface area contributed by atoms with Gasteiger partial charge in [-0.1, -0.05) is 13.8 Å². The molecule has 4 bridgehead atoms. The third-order valence-electron chi connectivity index (χ3n) is 11.2. The Balaban J connectivity index is 0.000000182. The van der Waals surface area contributed by atoms with Crippen LogP contribution in [0.2, 0.25) is 0 Å². The molecule has 252 valence electrons. The van der Waals surface area contributed by atoms with E-state index < -0.39 is 64.9 Å². The third-order valence-corrected chi connectivity index (χ3v) is 11.2. The Morgan fingerprint density at radius 2 is 1.37 bits per heavy atom. The fourth-order valence-electron chi connectivity index (χ4n) is 7.65. The lowest BCUT2D eigenvalue weighted by atomic mass is 9.75. The average molecular weight is 646 g/mol. The highest BCUT2D eigenvalue weighted by molar-refractivity contribution is 5.85. The van der Waals surface area contributed by atoms with Gasteiger partial charge in [0.15, 0.2) is 18.6 Å². The summed E-state index contributed by atoms with van der Waals surface area (Å²) in [4.78, 5) is 71.3. The van der Waals surface area contributed by atoms with E-state index in [4.69, 9.17) is 28.4 Å². The number of nitrogens with zero attached hydrogens (tertiary/aromatic N) is 1. The minimum absolute atomic E-state index is 0.00636. The maximum Gasteiger partial charge on any atom is 0.344 e. The Hall–Kier alpha value is -3.69. The maximum atomic E-state index is 12.0. The summed E-state index contributed by atoms with van der Waals surface area (Å²) in [5.74, 6) is -2.64. The molecule has 0 aromatic carbocycles. The maximum absolute atomic E-state index is 12.0. The molecule has 2 heterocycles. The number of carbonyl (C=O) groups excluding carboxylic acids is 6. The van der Waals surface area contributed by atoms with Crippen molar-refractivity contribution in [2.24, 2.45) is 45.8 Å². The molecule has 0 aromatic rings. The Morgan fingerprint density at radius 3 is 1.89 bits per heavy atom. The second kappa shape index (κ2) is 12.2. The number of esters is 6. The minimum Gasteiger partial charge on any atom is -0.458 e. The molecule has 13 heteroatoms. The first kappa shape index (κ1) is 33.7. The predicted octanol–water partition coefficient (Wildman–Crippen LogP) is 2.81. The van der Waals surface area contributed by atoms with Crippen LogP contribution in [0.25, 0.3) is 0 Å². The van der Waals surface area contributed by atoms with Gasteiger partial charge in [-0.25, -0.2) is 9.59 Å². The Kier molecular flexibility index (Phi) is 8.90. The summed E-state index contributed by atoms with van der Waals surface area (Å²) in [7, 11) is 0. The van der Waals surface area contributed by atoms with Gasteiger partial charge in [0.25, 0.3) is 0 Å². The summed E-state index contributed by atoms with van der Waals surface area (Å²) in [5.41, 5.74) is -2.32. The molecule has 6 rings (SSSR count). The lowest BCUT2D eigenvalue weighted by molar-refractivity contribution is -0.172. The summed E-state index contributed by atoms with van der Waals surface area (Å²) in [6.45, 7) is 9.94. The zero-order valence-electron chi connectivity index (χ0n) is 27.2. The van der Waals surface area contributed by atoms with Gasteiger partial charge >= 0.3 is 35.8 Å². The smallest absolute Gasteiger partial charge is 0.344 e. The number of nitriles is 1. The van der Waals surface area contributed by atoms with Gasteiger partial charge in [-0.3, -0.25) is 19.2 Å². The SMILES string of the molecule is CCC(C)(C)C(=O)OCC(=O)OC1C2CC3C(=O)OC1C3C2.CCC(C)(C)C(=O)OCC(=O)OC1C2CC3C1OC(=O)C3(C#N)C2. The highest BCUT2D eigenvalue weighted by Gasteiger charge is 2.72. The first-order valence-electron chi connectivity index (χ1n) is 16.1. The molecule has 10 unspecified atom stereocenters. The highest BCUT2D eigenvalue weighted by Crippen LogP contribution is 2.62. The molecule has 4 aliphatic carbocycles. The van der Waals surface area contributed by atoms with Gasteiger partial charge in [0.05, 0.1) is 22.8 Å². The van der Waals surface area contributed by atoms with Crippen LogP contribution >= 0.6 is 0 Å². The van der Waals surface area contributed by atoms with Crippen LogP contribution in [0.3, 0.4) is 0 Å². The van der Waals surface area contributed by atoms with Crippen LogP contribution in [-0.2, 0) is 57.2 Å². The lowest BCUT2D eigenvalue weighted by Gasteiger charge is -2.28. The number of carbonyl (C=O) groups is 6. The van der Waals surface area contributed by atoms with Gasteiger partial charge in [-0.15, -0.1) is 0 Å². The summed E-state index contributed by atoms with van der Waals surface area (Å²) < 4.78 is 31.5. The quantitative estimate of drug-likeness (QED) is 0.250. The standard InChI is InChI=1S/C17H21NO6.C16H22O6/c1-4-16(2,3)14(20)22-7-11(19)23-12-9-5-10-13(12)24-15(21)17(10,6-9)8-18;1-4-16(2,3)15(19)20-7-11(17)21-12-8-5-9-10(6-8)14(18)22-13(9)12/h9-10,12-13H,4-7H2,1-3H3;8-10,12-13H,4-7H2,1-3H3. The number of fused-ring (bicyclic) bond motifs is 2. The van der Waals surface area contributed by atoms with Gasteiger partial charge in [-0.2, -0.15) is 5.26 Å². The van der Waals surface area contributed by atoms with E-state index in [-0.39, 0.29) is 54.4 Å². The summed E-state index contributed by atoms with van der Waals surface area (Å²) in [6.07, 6.45) is 2.07. The normalized spacial score (nSPS) is 35.8. The predicted molar refractivity (Wildman–Crippen MR) is 154 cm³/mol. The van der Waals surface area contributed by atoms with E-state index in [1.54, 1.807) is 27.7 Å². The second-order valence-corrected chi connectivity index (χ2v) is 14.7. The lowest BCUT2D eigenvalue weighted by Crippen LogP contribution is -2.40. The zero-order valence-corrected chi connectivity index (χ0v) is 27.2. The molecule has 13 nitrogen and oxygen atoms in total. The number of hydrogen-bond donors (Lipinski definition) is 0. The first-order valence-corrected chi connectivity index (χ1v) is 16.1. The van der Waals surface area contributed by atoms with E-state index in [0.717, 1.165) is 12.8 Å². The van der Waals surface area contributed by atoms with Crippen molar-refractivity contribution in [1.82, 2.24) is 0 Å². The van der Waals surface area contributed by atoms with Crippen LogP contribution in [0, 0.1) is 57.2 Å². The minimum atomic E-state index is -1.06. The molecule has 6 fully saturated rings. The molecule has 2 saturated heterocycles. The molecule has 2 aliphatic heterocycles. The van der Waals surface area contributed by atoms with Crippen LogP contribution in [0.15, 0.2) is 0 Å². The van der Waals surface area contributed by atoms with Gasteiger partial charge in [0.2, 0.25) is 0 Å². The van der Waals surface area contributed by atoms with E-state index in [1.807, 2.05) is 13.8 Å². The largest absolute Gasteiger partial charge is 0.458 e. The van der Waals surface area contributed by atoms with Crippen LogP contribution in [0.4, 0.5) is 0 Å². The van der Waals surface area contributed by atoms with E-state index in [1.165, 1.54) is 0 Å². The van der Waals surface area contributed by atoms with Gasteiger partial charge < -0.3 is 28.4 Å². The first-order chi connectivity index (χ1) is 21.6. The van der Waals surface area contributed by atoms with Crippen molar-refractivity contribution in [3.8, 4) is 6.07 Å². The van der Waals surface area contributed by atoms with Crippen molar-refractivity contribution >= 4 is 35.8 Å². The van der Waals surface area contributed by atoms with Crippen LogP contribution < -0.4 is 0 Å². The molecule has 0 N–H and O–H groups in total. The molecule has 0 radical (unpaired) electrons. The number of rotatable bonds is 10. The van der Waals surface area contributed by atoms with E-state index in [9.17, 15) is 34.0 Å². The molecular formula is C33H43NO12. The zero-order chi connectivity index (χ0) is 33.8. The molecule has 0 spiro atoms. The summed E-state index contributed by atoms with van der Waals surface area (Å²) in [5, 5.41) is 9.33. The third kappa shape index (κ3) is 5.72. The van der Waals surface area contributed by atoms with E-state index >= 15 is 0 Å². The monoisotopic (exact) mass is 645 g/mol. The van der Waals surface area contributed by atoms with Crippen molar-refractivity contribution < 1.29 is 57.2 Å². The second-order valence-electron chi connectivity index (χ2n) is 14.7. The Morgan fingerprint density at radius 1 is 0.826 bits per heavy atom. The van der Waals surface area contributed by atoms with Crippen molar-refractivity contribution in [1.29, 1.82) is 5.26 Å². The molecule has 4 saturated carbocycles. The van der Waals surface area contributed by atoms with Crippen molar-refractivity contribution in [3.63, 3.8) is 0 Å². The summed E-state index contributed by atoms with van der Waals surface area (Å²) in [6, 6.07) is 2.10. The van der Waals surface area contributed by atoms with E-state index in [2.05, 4.69) is 6.07 Å². The highest BCUT2D eigenvalue weighted by atomic mass is 16.6. The Labute approximate surface area is 267 Å². The topological polar surface area (TPSA) is 182 Å². The number of ether oxygens (including phenoxy) is 6. The fourth-order valence-corrected chi connectivity index (χ4v) is 7.65. The van der Waals surface area contributed by atoms with Crippen molar-refractivity contribution in [2.75, 3.05) is 13.2 Å². The molecule has 0 amide bonds.